The molecule has 2 rings (SSSR count). The first-order valence-electron chi connectivity index (χ1n) is 9.20. The quantitative estimate of drug-likeness (QED) is 0.481. The third kappa shape index (κ3) is 5.90. The lowest BCUT2D eigenvalue weighted by atomic mass is 10.1. The number of carbonyl (C=O) groups excluding carboxylic acids is 1. The molecule has 3 N–H and O–H groups in total. The minimum Gasteiger partial charge on any atom is -0.493 e. The molecule has 0 heterocycles. The van der Waals surface area contributed by atoms with Crippen LogP contribution in [0.1, 0.15) is 22.8 Å². The highest BCUT2D eigenvalue weighted by Gasteiger charge is 2.07. The van der Waals surface area contributed by atoms with E-state index in [1.54, 1.807) is 27.3 Å². The van der Waals surface area contributed by atoms with Crippen molar-refractivity contribution in [3.8, 4) is 11.5 Å². The molecule has 0 spiro atoms. The van der Waals surface area contributed by atoms with Gasteiger partial charge in [-0.1, -0.05) is 12.1 Å². The van der Waals surface area contributed by atoms with Crippen molar-refractivity contribution in [2.45, 2.75) is 13.3 Å². The van der Waals surface area contributed by atoms with Gasteiger partial charge < -0.3 is 25.4 Å². The van der Waals surface area contributed by atoms with Gasteiger partial charge in [-0.05, 0) is 43.2 Å². The van der Waals surface area contributed by atoms with Crippen LogP contribution >= 0.6 is 0 Å². The molecular formula is C21H28N4O3. The van der Waals surface area contributed by atoms with Gasteiger partial charge >= 0.3 is 0 Å². The Labute approximate surface area is 166 Å². The van der Waals surface area contributed by atoms with Crippen molar-refractivity contribution in [2.75, 3.05) is 39.7 Å². The van der Waals surface area contributed by atoms with E-state index in [-0.39, 0.29) is 5.91 Å². The molecule has 0 saturated carbocycles. The van der Waals surface area contributed by atoms with E-state index >= 15 is 0 Å². The van der Waals surface area contributed by atoms with Crippen LogP contribution in [-0.2, 0) is 6.42 Å². The average Bonchev–Trinajstić information content (AvgIpc) is 2.73. The third-order valence-electron chi connectivity index (χ3n) is 4.07. The number of hydrogen-bond acceptors (Lipinski definition) is 4. The molecule has 0 atom stereocenters. The number of nitrogens with zero attached hydrogens (tertiary/aromatic N) is 1. The number of nitrogens with one attached hydrogen (secondary N) is 3. The first-order chi connectivity index (χ1) is 13.6. The fourth-order valence-electron chi connectivity index (χ4n) is 2.68. The second kappa shape index (κ2) is 10.8. The maximum Gasteiger partial charge on any atom is 0.251 e. The van der Waals surface area contributed by atoms with Crippen LogP contribution in [0.5, 0.6) is 11.5 Å². The molecule has 1 amide bonds. The van der Waals surface area contributed by atoms with Crippen molar-refractivity contribution in [3.05, 3.63) is 53.6 Å². The first kappa shape index (κ1) is 21.1. The topological polar surface area (TPSA) is 84.0 Å². The van der Waals surface area contributed by atoms with E-state index in [2.05, 4.69) is 20.9 Å². The van der Waals surface area contributed by atoms with E-state index in [4.69, 9.17) is 9.47 Å². The Morgan fingerprint density at radius 2 is 1.96 bits per heavy atom. The second-order valence-corrected chi connectivity index (χ2v) is 5.95. The highest BCUT2D eigenvalue weighted by molar-refractivity contribution is 5.94. The van der Waals surface area contributed by atoms with Crippen molar-refractivity contribution < 1.29 is 14.3 Å². The highest BCUT2D eigenvalue weighted by Crippen LogP contribution is 2.30. The fraction of sp³-hybridized carbons (Fsp3) is 0.333. The Hall–Kier alpha value is -3.22. The molecule has 0 aliphatic heterocycles. The van der Waals surface area contributed by atoms with Crippen molar-refractivity contribution in [2.24, 2.45) is 4.99 Å². The molecule has 0 aromatic heterocycles. The zero-order valence-corrected chi connectivity index (χ0v) is 16.8. The number of benzene rings is 2. The predicted octanol–water partition coefficient (Wildman–Crippen LogP) is 2.68. The molecule has 0 bridgehead atoms. The van der Waals surface area contributed by atoms with Crippen LogP contribution in [0.25, 0.3) is 0 Å². The van der Waals surface area contributed by atoms with Crippen LogP contribution < -0.4 is 25.4 Å². The number of rotatable bonds is 8. The zero-order valence-electron chi connectivity index (χ0n) is 16.8. The lowest BCUT2D eigenvalue weighted by Gasteiger charge is -2.15. The number of methoxy groups -OCH3 is 1. The Bertz CT molecular complexity index is 821. The molecule has 2 aromatic rings. The zero-order chi connectivity index (χ0) is 20.4. The number of aliphatic imine (C=N–C) groups is 1. The van der Waals surface area contributed by atoms with Gasteiger partial charge in [0.25, 0.3) is 5.91 Å². The Balaban J connectivity index is 1.95. The average molecular weight is 384 g/mol. The van der Waals surface area contributed by atoms with Crippen LogP contribution in [0, 0.1) is 0 Å². The van der Waals surface area contributed by atoms with Gasteiger partial charge in [-0.25, -0.2) is 0 Å². The van der Waals surface area contributed by atoms with Crippen molar-refractivity contribution >= 4 is 17.6 Å². The number of guanidine groups is 1. The Morgan fingerprint density at radius 3 is 2.64 bits per heavy atom. The maximum absolute atomic E-state index is 11.7. The van der Waals surface area contributed by atoms with Gasteiger partial charge in [-0.15, -0.1) is 0 Å². The molecule has 2 aromatic carbocycles. The van der Waals surface area contributed by atoms with Crippen molar-refractivity contribution in [1.29, 1.82) is 0 Å². The number of hydrogen-bond donors (Lipinski definition) is 3. The van der Waals surface area contributed by atoms with E-state index < -0.39 is 0 Å². The second-order valence-electron chi connectivity index (χ2n) is 5.95. The Kier molecular flexibility index (Phi) is 8.14. The molecular weight excluding hydrogens is 356 g/mol. The molecule has 0 aliphatic carbocycles. The fourth-order valence-corrected chi connectivity index (χ4v) is 2.68. The van der Waals surface area contributed by atoms with E-state index in [9.17, 15) is 4.79 Å². The minimum atomic E-state index is -0.0862. The number of anilines is 1. The third-order valence-corrected chi connectivity index (χ3v) is 4.07. The number of carbonyl (C=O) groups is 1. The molecule has 0 radical (unpaired) electrons. The van der Waals surface area contributed by atoms with E-state index in [1.807, 2.05) is 43.3 Å². The number of amides is 1. The van der Waals surface area contributed by atoms with Gasteiger partial charge in [0.2, 0.25) is 0 Å². The van der Waals surface area contributed by atoms with E-state index in [1.165, 1.54) is 0 Å². The van der Waals surface area contributed by atoms with E-state index in [0.29, 0.717) is 36.2 Å². The van der Waals surface area contributed by atoms with E-state index in [0.717, 1.165) is 17.7 Å². The SMILES string of the molecule is CCOc1cc(NC(=NC)NCCc2cccc(C(=O)NC)c2)ccc1OC. The predicted molar refractivity (Wildman–Crippen MR) is 113 cm³/mol. The van der Waals surface area contributed by atoms with Crippen LogP contribution in [0.15, 0.2) is 47.5 Å². The summed E-state index contributed by atoms with van der Waals surface area (Å²) in [5, 5.41) is 9.16. The van der Waals surface area contributed by atoms with Crippen molar-refractivity contribution in [1.82, 2.24) is 10.6 Å². The van der Waals surface area contributed by atoms with Crippen LogP contribution in [0.4, 0.5) is 5.69 Å². The monoisotopic (exact) mass is 384 g/mol. The van der Waals surface area contributed by atoms with Gasteiger partial charge in [0.15, 0.2) is 17.5 Å². The summed E-state index contributed by atoms with van der Waals surface area (Å²) in [6.07, 6.45) is 0.762. The summed E-state index contributed by atoms with van der Waals surface area (Å²) in [4.78, 5) is 16.0. The largest absolute Gasteiger partial charge is 0.493 e. The van der Waals surface area contributed by atoms with Gasteiger partial charge in [0.05, 0.1) is 13.7 Å². The summed E-state index contributed by atoms with van der Waals surface area (Å²) < 4.78 is 10.9. The van der Waals surface area contributed by atoms with Gasteiger partial charge in [-0.2, -0.15) is 0 Å². The summed E-state index contributed by atoms with van der Waals surface area (Å²) in [5.74, 6) is 1.93. The molecule has 150 valence electrons. The van der Waals surface area contributed by atoms with Gasteiger partial charge in [0.1, 0.15) is 0 Å². The molecule has 7 heteroatoms. The normalized spacial score (nSPS) is 10.9. The molecule has 0 fully saturated rings. The molecule has 28 heavy (non-hydrogen) atoms. The molecule has 0 aliphatic rings. The van der Waals surface area contributed by atoms with Crippen LogP contribution in [0.2, 0.25) is 0 Å². The maximum atomic E-state index is 11.7. The molecule has 0 saturated heterocycles. The summed E-state index contributed by atoms with van der Waals surface area (Å²) in [6, 6.07) is 13.2. The summed E-state index contributed by atoms with van der Waals surface area (Å²) in [5.41, 5.74) is 2.58. The minimum absolute atomic E-state index is 0.0862. The molecule has 7 nitrogen and oxygen atoms in total. The van der Waals surface area contributed by atoms with Gasteiger partial charge in [0, 0.05) is 38.0 Å². The number of ether oxygens (including phenoxy) is 2. The molecule has 0 unspecified atom stereocenters. The van der Waals surface area contributed by atoms with Gasteiger partial charge in [-0.3, -0.25) is 9.79 Å². The van der Waals surface area contributed by atoms with Crippen LogP contribution in [-0.4, -0.2) is 46.2 Å². The highest BCUT2D eigenvalue weighted by atomic mass is 16.5. The lowest BCUT2D eigenvalue weighted by molar-refractivity contribution is 0.0963. The van der Waals surface area contributed by atoms with Crippen molar-refractivity contribution in [3.63, 3.8) is 0 Å². The van der Waals surface area contributed by atoms with Crippen LogP contribution in [0.3, 0.4) is 0 Å². The lowest BCUT2D eigenvalue weighted by Crippen LogP contribution is -2.32. The summed E-state index contributed by atoms with van der Waals surface area (Å²) in [7, 11) is 4.96. The summed E-state index contributed by atoms with van der Waals surface area (Å²) in [6.45, 7) is 3.16. The first-order valence-corrected chi connectivity index (χ1v) is 9.20. The smallest absolute Gasteiger partial charge is 0.251 e. The summed E-state index contributed by atoms with van der Waals surface area (Å²) >= 11 is 0. The Morgan fingerprint density at radius 1 is 1.14 bits per heavy atom. The standard InChI is InChI=1S/C21H28N4O3/c1-5-28-19-14-17(9-10-18(19)27-4)25-21(23-3)24-12-11-15-7-6-8-16(13-15)20(26)22-2/h6-10,13-14H,5,11-12H2,1-4H3,(H,22,26)(H2,23,24,25).